The van der Waals surface area contributed by atoms with Crippen molar-refractivity contribution >= 4 is 0 Å². The van der Waals surface area contributed by atoms with Crippen LogP contribution in [-0.2, 0) is 0 Å². The van der Waals surface area contributed by atoms with Crippen molar-refractivity contribution in [2.75, 3.05) is 39.3 Å². The van der Waals surface area contributed by atoms with Crippen LogP contribution in [0.2, 0.25) is 0 Å². The zero-order chi connectivity index (χ0) is 10.2. The summed E-state index contributed by atoms with van der Waals surface area (Å²) in [6.45, 7) is 8.99. The normalized spacial score (nSPS) is 23.1. The minimum atomic E-state index is 0.802. The molecule has 1 saturated heterocycles. The molecule has 0 saturated carbocycles. The summed E-state index contributed by atoms with van der Waals surface area (Å²) in [6.07, 6.45) is 3.94. The van der Waals surface area contributed by atoms with E-state index in [4.69, 9.17) is 5.73 Å². The van der Waals surface area contributed by atoms with Gasteiger partial charge in [0.25, 0.3) is 0 Å². The van der Waals surface area contributed by atoms with Gasteiger partial charge in [-0.1, -0.05) is 13.3 Å². The number of unbranched alkanes of at least 4 members (excludes halogenated alkanes) is 1. The predicted octanol–water partition coefficient (Wildman–Crippen LogP) is 0.657. The Morgan fingerprint density at radius 2 is 2.36 bits per heavy atom. The molecule has 1 atom stereocenters. The van der Waals surface area contributed by atoms with Crippen molar-refractivity contribution in [3.05, 3.63) is 0 Å². The first-order valence-electron chi connectivity index (χ1n) is 6.00. The van der Waals surface area contributed by atoms with E-state index in [-0.39, 0.29) is 0 Å². The Morgan fingerprint density at radius 1 is 1.50 bits per heavy atom. The zero-order valence-electron chi connectivity index (χ0n) is 9.47. The second kappa shape index (κ2) is 7.21. The van der Waals surface area contributed by atoms with Gasteiger partial charge in [0, 0.05) is 19.6 Å². The van der Waals surface area contributed by atoms with Gasteiger partial charge >= 0.3 is 0 Å². The molecule has 84 valence electrons. The van der Waals surface area contributed by atoms with Crippen LogP contribution >= 0.6 is 0 Å². The Kier molecular flexibility index (Phi) is 6.15. The monoisotopic (exact) mass is 199 g/mol. The van der Waals surface area contributed by atoms with Crippen LogP contribution in [0.1, 0.15) is 26.2 Å². The molecule has 0 radical (unpaired) electrons. The lowest BCUT2D eigenvalue weighted by molar-refractivity contribution is 0.330. The molecule has 0 aliphatic carbocycles. The summed E-state index contributed by atoms with van der Waals surface area (Å²) < 4.78 is 0. The van der Waals surface area contributed by atoms with E-state index in [9.17, 15) is 0 Å². The number of nitrogens with one attached hydrogen (secondary N) is 1. The van der Waals surface area contributed by atoms with Crippen LogP contribution in [0.3, 0.4) is 0 Å². The average molecular weight is 199 g/mol. The molecule has 0 aromatic heterocycles. The van der Waals surface area contributed by atoms with Gasteiger partial charge < -0.3 is 16.0 Å². The van der Waals surface area contributed by atoms with Gasteiger partial charge in [-0.25, -0.2) is 0 Å². The van der Waals surface area contributed by atoms with Gasteiger partial charge in [-0.05, 0) is 38.4 Å². The van der Waals surface area contributed by atoms with Gasteiger partial charge in [0.05, 0.1) is 0 Å². The van der Waals surface area contributed by atoms with E-state index in [0.717, 1.165) is 19.0 Å². The number of hydrogen-bond donors (Lipinski definition) is 2. The summed E-state index contributed by atoms with van der Waals surface area (Å²) in [5.41, 5.74) is 5.54. The van der Waals surface area contributed by atoms with E-state index >= 15 is 0 Å². The number of hydrogen-bond acceptors (Lipinski definition) is 3. The van der Waals surface area contributed by atoms with Crippen LogP contribution < -0.4 is 11.1 Å². The van der Waals surface area contributed by atoms with Crippen molar-refractivity contribution in [1.82, 2.24) is 10.2 Å². The summed E-state index contributed by atoms with van der Waals surface area (Å²) >= 11 is 0. The number of nitrogens with zero attached hydrogens (tertiary/aromatic N) is 1. The summed E-state index contributed by atoms with van der Waals surface area (Å²) in [5.74, 6) is 0.860. The third kappa shape index (κ3) is 4.40. The molecule has 1 aliphatic heterocycles. The fraction of sp³-hybridized carbons (Fsp3) is 1.00. The molecule has 1 rings (SSSR count). The van der Waals surface area contributed by atoms with Crippen molar-refractivity contribution < 1.29 is 0 Å². The largest absolute Gasteiger partial charge is 0.329 e. The maximum Gasteiger partial charge on any atom is 0.0105 e. The molecule has 3 heteroatoms. The van der Waals surface area contributed by atoms with Gasteiger partial charge in [0.15, 0.2) is 0 Å². The van der Waals surface area contributed by atoms with Crippen molar-refractivity contribution in [2.45, 2.75) is 26.2 Å². The Labute approximate surface area is 88.0 Å². The molecule has 0 aromatic carbocycles. The van der Waals surface area contributed by atoms with E-state index in [0.29, 0.717) is 0 Å². The molecule has 1 aliphatic rings. The maximum absolute atomic E-state index is 5.54. The van der Waals surface area contributed by atoms with Gasteiger partial charge in [-0.3, -0.25) is 0 Å². The van der Waals surface area contributed by atoms with E-state index in [1.807, 2.05) is 0 Å². The zero-order valence-corrected chi connectivity index (χ0v) is 9.47. The molecular formula is C11H25N3. The van der Waals surface area contributed by atoms with Gasteiger partial charge in [-0.2, -0.15) is 0 Å². The molecule has 3 N–H and O–H groups in total. The third-order valence-electron chi connectivity index (χ3n) is 2.96. The highest BCUT2D eigenvalue weighted by Gasteiger charge is 2.20. The first kappa shape index (κ1) is 12.0. The number of rotatable bonds is 7. The predicted molar refractivity (Wildman–Crippen MR) is 61.4 cm³/mol. The van der Waals surface area contributed by atoms with Crippen LogP contribution in [0.15, 0.2) is 0 Å². The van der Waals surface area contributed by atoms with Gasteiger partial charge in [0.2, 0.25) is 0 Å². The highest BCUT2D eigenvalue weighted by Crippen LogP contribution is 2.14. The van der Waals surface area contributed by atoms with Crippen molar-refractivity contribution in [3.63, 3.8) is 0 Å². The summed E-state index contributed by atoms with van der Waals surface area (Å²) in [4.78, 5) is 2.48. The molecule has 0 bridgehead atoms. The Bertz CT molecular complexity index is 138. The van der Waals surface area contributed by atoms with Crippen LogP contribution in [-0.4, -0.2) is 44.2 Å². The molecule has 0 amide bonds. The lowest BCUT2D eigenvalue weighted by Gasteiger charge is -2.14. The smallest absolute Gasteiger partial charge is 0.0105 e. The number of likely N-dealkylation sites (tertiary alicyclic amines) is 1. The van der Waals surface area contributed by atoms with Crippen LogP contribution in [0.5, 0.6) is 0 Å². The summed E-state index contributed by atoms with van der Waals surface area (Å²) in [7, 11) is 0. The topological polar surface area (TPSA) is 41.3 Å². The van der Waals surface area contributed by atoms with Crippen molar-refractivity contribution in [1.29, 1.82) is 0 Å². The average Bonchev–Trinajstić information content (AvgIpc) is 2.61. The van der Waals surface area contributed by atoms with Crippen LogP contribution in [0.4, 0.5) is 0 Å². The summed E-state index contributed by atoms with van der Waals surface area (Å²) in [6, 6.07) is 0. The maximum atomic E-state index is 5.54. The second-order valence-electron chi connectivity index (χ2n) is 4.30. The Morgan fingerprint density at radius 3 is 3.07 bits per heavy atom. The van der Waals surface area contributed by atoms with Gasteiger partial charge in [0.1, 0.15) is 0 Å². The second-order valence-corrected chi connectivity index (χ2v) is 4.30. The van der Waals surface area contributed by atoms with E-state index < -0.39 is 0 Å². The minimum absolute atomic E-state index is 0.802. The Balaban J connectivity index is 1.98. The quantitative estimate of drug-likeness (QED) is 0.592. The molecule has 0 spiro atoms. The minimum Gasteiger partial charge on any atom is -0.329 e. The number of nitrogens with two attached hydrogens (primary N) is 1. The van der Waals surface area contributed by atoms with Crippen molar-refractivity contribution in [3.8, 4) is 0 Å². The lowest BCUT2D eigenvalue weighted by Crippen LogP contribution is -2.30. The van der Waals surface area contributed by atoms with Gasteiger partial charge in [-0.15, -0.1) is 0 Å². The molecule has 1 heterocycles. The highest BCUT2D eigenvalue weighted by atomic mass is 15.2. The molecule has 3 nitrogen and oxygen atoms in total. The SMILES string of the molecule is CCCCNCC1CCN(CCN)C1. The fourth-order valence-corrected chi connectivity index (χ4v) is 2.07. The fourth-order valence-electron chi connectivity index (χ4n) is 2.07. The Hall–Kier alpha value is -0.120. The van der Waals surface area contributed by atoms with Crippen LogP contribution in [0.25, 0.3) is 0 Å². The molecule has 1 unspecified atom stereocenters. The standard InChI is InChI=1S/C11H25N3/c1-2-3-6-13-9-11-4-7-14(10-11)8-5-12/h11,13H,2-10,12H2,1H3. The van der Waals surface area contributed by atoms with E-state index in [1.165, 1.54) is 45.4 Å². The summed E-state index contributed by atoms with van der Waals surface area (Å²) in [5, 5.41) is 3.53. The van der Waals surface area contributed by atoms with E-state index in [1.54, 1.807) is 0 Å². The first-order chi connectivity index (χ1) is 6.86. The highest BCUT2D eigenvalue weighted by molar-refractivity contribution is 4.77. The van der Waals surface area contributed by atoms with Crippen LogP contribution in [0, 0.1) is 5.92 Å². The molecule has 0 aromatic rings. The molecule has 14 heavy (non-hydrogen) atoms. The third-order valence-corrected chi connectivity index (χ3v) is 2.96. The molecule has 1 fully saturated rings. The van der Waals surface area contributed by atoms with E-state index in [2.05, 4.69) is 17.1 Å². The van der Waals surface area contributed by atoms with Crippen molar-refractivity contribution in [2.24, 2.45) is 11.7 Å². The first-order valence-corrected chi connectivity index (χ1v) is 6.00. The molecular weight excluding hydrogens is 174 g/mol. The lowest BCUT2D eigenvalue weighted by atomic mass is 10.1.